The molecule has 0 bridgehead atoms. The summed E-state index contributed by atoms with van der Waals surface area (Å²) in [6, 6.07) is 14.4. The summed E-state index contributed by atoms with van der Waals surface area (Å²) >= 11 is 0. The summed E-state index contributed by atoms with van der Waals surface area (Å²) in [7, 11) is 3.16. The van der Waals surface area contributed by atoms with Crippen LogP contribution in [0.25, 0.3) is 22.0 Å². The van der Waals surface area contributed by atoms with Crippen LogP contribution in [0, 0.1) is 0 Å². The van der Waals surface area contributed by atoms with E-state index >= 15 is 0 Å². The maximum absolute atomic E-state index is 13.0. The van der Waals surface area contributed by atoms with Crippen LogP contribution in [-0.2, 0) is 13.1 Å². The van der Waals surface area contributed by atoms with Gasteiger partial charge in [0.25, 0.3) is 11.5 Å². The molecule has 1 amide bonds. The summed E-state index contributed by atoms with van der Waals surface area (Å²) in [5.41, 5.74) is 2.08. The number of carbonyl (C=O) groups is 1. The lowest BCUT2D eigenvalue weighted by Gasteiger charge is -2.16. The number of methoxy groups -OCH3 is 2. The predicted molar refractivity (Wildman–Crippen MR) is 140 cm³/mol. The Morgan fingerprint density at radius 1 is 1.03 bits per heavy atom. The zero-order valence-corrected chi connectivity index (χ0v) is 21.0. The van der Waals surface area contributed by atoms with Crippen molar-refractivity contribution in [1.29, 1.82) is 0 Å². The molecular weight excluding hydrogens is 472 g/mol. The van der Waals surface area contributed by atoms with Crippen LogP contribution in [-0.4, -0.2) is 64.6 Å². The quantitative estimate of drug-likeness (QED) is 0.362. The van der Waals surface area contributed by atoms with E-state index < -0.39 is 0 Å². The third kappa shape index (κ3) is 5.19. The Balaban J connectivity index is 1.35. The lowest BCUT2D eigenvalue weighted by molar-refractivity contribution is 0.0945. The molecule has 0 aliphatic carbocycles. The fourth-order valence-electron chi connectivity index (χ4n) is 4.68. The van der Waals surface area contributed by atoms with Gasteiger partial charge < -0.3 is 19.7 Å². The maximum atomic E-state index is 13.0. The van der Waals surface area contributed by atoms with Crippen molar-refractivity contribution in [2.24, 2.45) is 0 Å². The Labute approximate surface area is 214 Å². The van der Waals surface area contributed by atoms with Crippen LogP contribution in [0.15, 0.2) is 53.3 Å². The summed E-state index contributed by atoms with van der Waals surface area (Å²) in [5, 5.41) is 16.0. The highest BCUT2D eigenvalue weighted by Crippen LogP contribution is 2.32. The highest BCUT2D eigenvalue weighted by molar-refractivity contribution is 5.94. The molecule has 0 radical (unpaired) electrons. The average molecular weight is 503 g/mol. The van der Waals surface area contributed by atoms with Crippen molar-refractivity contribution in [3.8, 4) is 22.8 Å². The van der Waals surface area contributed by atoms with E-state index in [1.807, 2.05) is 18.2 Å². The minimum atomic E-state index is -0.332. The number of H-pyrrole nitrogens is 1. The molecule has 2 N–H and O–H groups in total. The number of benzene rings is 2. The number of nitrogens with zero attached hydrogens (tertiary/aromatic N) is 4. The minimum absolute atomic E-state index is 0.115. The van der Waals surface area contributed by atoms with E-state index in [1.165, 1.54) is 17.5 Å². The molecule has 1 fully saturated rings. The first-order valence-corrected chi connectivity index (χ1v) is 12.3. The summed E-state index contributed by atoms with van der Waals surface area (Å²) < 4.78 is 12.3. The van der Waals surface area contributed by atoms with Crippen molar-refractivity contribution in [2.75, 3.05) is 33.9 Å². The Kier molecular flexibility index (Phi) is 7.18. The number of aromatic amines is 1. The molecule has 37 heavy (non-hydrogen) atoms. The first kappa shape index (κ1) is 24.5. The predicted octanol–water partition coefficient (Wildman–Crippen LogP) is 2.83. The summed E-state index contributed by atoms with van der Waals surface area (Å²) in [6.45, 7) is 3.57. The second-order valence-corrected chi connectivity index (χ2v) is 8.99. The number of ether oxygens (including phenoxy) is 2. The van der Waals surface area contributed by atoms with Crippen LogP contribution in [0.5, 0.6) is 11.5 Å². The molecule has 192 valence electrons. The van der Waals surface area contributed by atoms with Crippen LogP contribution < -0.4 is 20.3 Å². The van der Waals surface area contributed by atoms with Gasteiger partial charge in [0.1, 0.15) is 17.2 Å². The van der Waals surface area contributed by atoms with E-state index in [4.69, 9.17) is 9.47 Å². The molecule has 0 saturated carbocycles. The van der Waals surface area contributed by atoms with E-state index in [1.54, 1.807) is 44.6 Å². The van der Waals surface area contributed by atoms with Crippen LogP contribution in [0.4, 0.5) is 0 Å². The molecule has 0 unspecified atom stereocenters. The van der Waals surface area contributed by atoms with Crippen molar-refractivity contribution in [1.82, 2.24) is 30.2 Å². The van der Waals surface area contributed by atoms with Gasteiger partial charge >= 0.3 is 0 Å². The number of fused-ring (bicyclic) bond motifs is 1. The molecule has 2 aromatic heterocycles. The van der Waals surface area contributed by atoms with E-state index in [-0.39, 0.29) is 18.0 Å². The van der Waals surface area contributed by atoms with Gasteiger partial charge in [0.15, 0.2) is 0 Å². The third-order valence-corrected chi connectivity index (χ3v) is 6.69. The normalized spacial score (nSPS) is 13.7. The van der Waals surface area contributed by atoms with Gasteiger partial charge in [-0.15, -0.1) is 0 Å². The molecule has 3 heterocycles. The van der Waals surface area contributed by atoms with Gasteiger partial charge in [-0.3, -0.25) is 14.7 Å². The molecule has 2 aromatic carbocycles. The summed E-state index contributed by atoms with van der Waals surface area (Å²) in [4.78, 5) is 28.4. The molecule has 0 spiro atoms. The van der Waals surface area contributed by atoms with E-state index in [0.717, 1.165) is 25.0 Å². The van der Waals surface area contributed by atoms with Crippen LogP contribution >= 0.6 is 0 Å². The molecule has 10 nitrogen and oxygen atoms in total. The maximum Gasteiger partial charge on any atom is 0.274 e. The lowest BCUT2D eigenvalue weighted by atomic mass is 10.1. The third-order valence-electron chi connectivity index (χ3n) is 6.69. The molecule has 4 aromatic rings. The molecule has 1 aliphatic heterocycles. The number of nitrogens with one attached hydrogen (secondary N) is 2. The zero-order chi connectivity index (χ0) is 25.8. The summed E-state index contributed by atoms with van der Waals surface area (Å²) in [5.74, 6) is 0.940. The largest absolute Gasteiger partial charge is 0.497 e. The van der Waals surface area contributed by atoms with Gasteiger partial charge in [-0.25, -0.2) is 4.68 Å². The monoisotopic (exact) mass is 502 g/mol. The fraction of sp³-hybridized carbons (Fsp3) is 0.333. The Hall–Kier alpha value is -4.18. The second kappa shape index (κ2) is 10.8. The Morgan fingerprint density at radius 3 is 2.57 bits per heavy atom. The van der Waals surface area contributed by atoms with E-state index in [9.17, 15) is 9.59 Å². The van der Waals surface area contributed by atoms with E-state index in [2.05, 4.69) is 25.5 Å². The number of likely N-dealkylation sites (tertiary alicyclic amines) is 1. The number of amides is 1. The van der Waals surface area contributed by atoms with Gasteiger partial charge in [-0.2, -0.15) is 10.2 Å². The van der Waals surface area contributed by atoms with Gasteiger partial charge in [0.2, 0.25) is 0 Å². The lowest BCUT2D eigenvalue weighted by Crippen LogP contribution is -2.32. The fourth-order valence-corrected chi connectivity index (χ4v) is 4.68. The molecular formula is C27H30N6O4. The van der Waals surface area contributed by atoms with Crippen molar-refractivity contribution in [2.45, 2.75) is 25.9 Å². The molecule has 1 saturated heterocycles. The van der Waals surface area contributed by atoms with Gasteiger partial charge in [0.05, 0.1) is 44.1 Å². The average Bonchev–Trinajstić information content (AvgIpc) is 3.64. The summed E-state index contributed by atoms with van der Waals surface area (Å²) in [6.07, 6.45) is 2.38. The van der Waals surface area contributed by atoms with Crippen LogP contribution in [0.1, 0.15) is 29.0 Å². The topological polar surface area (TPSA) is 114 Å². The van der Waals surface area contributed by atoms with Crippen molar-refractivity contribution in [3.05, 3.63) is 70.3 Å². The second-order valence-electron chi connectivity index (χ2n) is 8.99. The Bertz CT molecular complexity index is 1470. The molecule has 5 rings (SSSR count). The van der Waals surface area contributed by atoms with Gasteiger partial charge in [-0.1, -0.05) is 18.2 Å². The molecule has 10 heteroatoms. The van der Waals surface area contributed by atoms with Crippen LogP contribution in [0.3, 0.4) is 0 Å². The first-order valence-electron chi connectivity index (χ1n) is 12.3. The molecule has 0 atom stereocenters. The number of aromatic nitrogens is 4. The number of hydrogen-bond donors (Lipinski definition) is 2. The minimum Gasteiger partial charge on any atom is -0.497 e. The number of rotatable bonds is 9. The zero-order valence-electron chi connectivity index (χ0n) is 21.0. The van der Waals surface area contributed by atoms with Crippen molar-refractivity contribution < 1.29 is 14.3 Å². The number of hydrogen-bond acceptors (Lipinski definition) is 7. The van der Waals surface area contributed by atoms with Gasteiger partial charge in [0, 0.05) is 17.5 Å². The first-order chi connectivity index (χ1) is 18.1. The van der Waals surface area contributed by atoms with E-state index in [0.29, 0.717) is 46.1 Å². The SMILES string of the molecule is COc1ccc(OC)c(-c2cc(C(=O)NCc3nn(CCN4CCCC4)c(=O)c4ccccc34)[nH]n2)c1. The van der Waals surface area contributed by atoms with Crippen molar-refractivity contribution in [3.63, 3.8) is 0 Å². The Morgan fingerprint density at radius 2 is 1.81 bits per heavy atom. The molecule has 1 aliphatic rings. The number of carbonyl (C=O) groups excluding carboxylic acids is 1. The highest BCUT2D eigenvalue weighted by Gasteiger charge is 2.17. The smallest absolute Gasteiger partial charge is 0.274 e. The van der Waals surface area contributed by atoms with Gasteiger partial charge in [-0.05, 0) is 56.3 Å². The standard InChI is InChI=1S/C27H30N6O4/c1-36-18-9-10-25(37-2)21(15-18)22-16-23(30-29-22)26(34)28-17-24-19-7-3-4-8-20(19)27(35)33(31-24)14-13-32-11-5-6-12-32/h3-4,7-10,15-16H,5-6,11-14,17H2,1-2H3,(H,28,34)(H,29,30). The van der Waals surface area contributed by atoms with Crippen LogP contribution in [0.2, 0.25) is 0 Å². The highest BCUT2D eigenvalue weighted by atomic mass is 16.5. The van der Waals surface area contributed by atoms with Crippen molar-refractivity contribution >= 4 is 16.7 Å².